The predicted octanol–water partition coefficient (Wildman–Crippen LogP) is 2.70. The molecule has 0 aliphatic carbocycles. The highest BCUT2D eigenvalue weighted by Gasteiger charge is 2.17. The van der Waals surface area contributed by atoms with Crippen LogP contribution in [-0.4, -0.2) is 18.0 Å². The van der Waals surface area contributed by atoms with Crippen molar-refractivity contribution in [3.63, 3.8) is 0 Å². The largest absolute Gasteiger partial charge is 0.378 e. The lowest BCUT2D eigenvalue weighted by atomic mass is 10.3. The average molecular weight is 306 g/mol. The van der Waals surface area contributed by atoms with E-state index in [-0.39, 0.29) is 9.96 Å². The minimum Gasteiger partial charge on any atom is -0.378 e. The summed E-state index contributed by atoms with van der Waals surface area (Å²) in [5.41, 5.74) is 0.779. The van der Waals surface area contributed by atoms with Gasteiger partial charge in [-0.25, -0.2) is 4.98 Å². The molecule has 3 rings (SSSR count). The molecule has 1 aromatic carbocycles. The highest BCUT2D eigenvalue weighted by Crippen LogP contribution is 2.23. The van der Waals surface area contributed by atoms with Gasteiger partial charge in [-0.1, -0.05) is 12.1 Å². The second kappa shape index (κ2) is 5.10. The lowest BCUT2D eigenvalue weighted by Crippen LogP contribution is -2.08. The zero-order valence-electron chi connectivity index (χ0n) is 10.2. The van der Waals surface area contributed by atoms with E-state index in [2.05, 4.69) is 4.98 Å². The van der Waals surface area contributed by atoms with Crippen LogP contribution in [0.1, 0.15) is 0 Å². The smallest absolute Gasteiger partial charge is 0.348 e. The Morgan fingerprint density at radius 3 is 2.80 bits per heavy atom. The van der Waals surface area contributed by atoms with Crippen molar-refractivity contribution in [1.29, 1.82) is 0 Å². The summed E-state index contributed by atoms with van der Waals surface area (Å²) in [4.78, 5) is 3.95. The monoisotopic (exact) mass is 306 g/mol. The fourth-order valence-electron chi connectivity index (χ4n) is 1.68. The van der Waals surface area contributed by atoms with E-state index in [0.717, 1.165) is 17.0 Å². The quantitative estimate of drug-likeness (QED) is 0.695. The Labute approximate surface area is 120 Å². The van der Waals surface area contributed by atoms with Crippen molar-refractivity contribution in [1.82, 2.24) is 9.55 Å². The molecule has 0 radical (unpaired) electrons. The molecule has 0 N–H and O–H groups in total. The number of imidazole rings is 1. The first kappa shape index (κ1) is 12.9. The Morgan fingerprint density at radius 2 is 2.10 bits per heavy atom. The minimum atomic E-state index is -3.76. The summed E-state index contributed by atoms with van der Waals surface area (Å²) in [6.07, 6.45) is 5.05. The predicted molar refractivity (Wildman–Crippen MR) is 75.7 cm³/mol. The summed E-state index contributed by atoms with van der Waals surface area (Å²) in [5, 5.41) is 1.69. The molecule has 0 bridgehead atoms. The second-order valence-corrected chi connectivity index (χ2v) is 6.66. The van der Waals surface area contributed by atoms with Gasteiger partial charge < -0.3 is 8.75 Å². The highest BCUT2D eigenvalue weighted by atomic mass is 32.3. The number of rotatable bonds is 4. The maximum absolute atomic E-state index is 12.0. The van der Waals surface area contributed by atoms with Gasteiger partial charge in [0.15, 0.2) is 4.21 Å². The molecule has 0 aliphatic rings. The zero-order chi connectivity index (χ0) is 14.0. The van der Waals surface area contributed by atoms with E-state index in [0.29, 0.717) is 0 Å². The fourth-order valence-corrected chi connectivity index (χ4v) is 3.55. The van der Waals surface area contributed by atoms with Gasteiger partial charge in [0.2, 0.25) is 0 Å². The van der Waals surface area contributed by atoms with Crippen molar-refractivity contribution < 1.29 is 12.6 Å². The SMILES string of the molecule is O=S(=O)(Oc1cccc(-n2ccnc2)c1)c1cccs1. The molecule has 0 saturated heterocycles. The van der Waals surface area contributed by atoms with Gasteiger partial charge in [-0.2, -0.15) is 8.42 Å². The Bertz CT molecular complexity index is 794. The van der Waals surface area contributed by atoms with Gasteiger partial charge in [0, 0.05) is 18.5 Å². The van der Waals surface area contributed by atoms with Crippen LogP contribution in [0.15, 0.2) is 64.7 Å². The van der Waals surface area contributed by atoms with Crippen molar-refractivity contribution in [2.45, 2.75) is 4.21 Å². The van der Waals surface area contributed by atoms with Gasteiger partial charge in [0.25, 0.3) is 0 Å². The van der Waals surface area contributed by atoms with Crippen LogP contribution in [-0.2, 0) is 10.1 Å². The van der Waals surface area contributed by atoms with E-state index >= 15 is 0 Å². The van der Waals surface area contributed by atoms with E-state index < -0.39 is 10.1 Å². The normalized spacial score (nSPS) is 11.4. The van der Waals surface area contributed by atoms with Crippen molar-refractivity contribution in [2.75, 3.05) is 0 Å². The fraction of sp³-hybridized carbons (Fsp3) is 0. The Kier molecular flexibility index (Phi) is 3.29. The third kappa shape index (κ3) is 2.59. The summed E-state index contributed by atoms with van der Waals surface area (Å²) in [6, 6.07) is 10.0. The molecule has 7 heteroatoms. The molecule has 102 valence electrons. The number of benzene rings is 1. The molecule has 0 saturated carbocycles. The lowest BCUT2D eigenvalue weighted by Gasteiger charge is -2.07. The van der Waals surface area contributed by atoms with Gasteiger partial charge in [-0.15, -0.1) is 11.3 Å². The van der Waals surface area contributed by atoms with E-state index in [1.807, 2.05) is 6.07 Å². The van der Waals surface area contributed by atoms with Gasteiger partial charge in [-0.05, 0) is 23.6 Å². The Balaban J connectivity index is 1.91. The minimum absolute atomic E-state index is 0.186. The van der Waals surface area contributed by atoms with Crippen molar-refractivity contribution in [2.24, 2.45) is 0 Å². The number of hydrogen-bond acceptors (Lipinski definition) is 5. The number of nitrogens with zero attached hydrogens (tertiary/aromatic N) is 2. The highest BCUT2D eigenvalue weighted by molar-refractivity contribution is 7.89. The van der Waals surface area contributed by atoms with Crippen LogP contribution >= 0.6 is 11.3 Å². The molecule has 0 fully saturated rings. The van der Waals surface area contributed by atoms with Crippen LogP contribution in [0, 0.1) is 0 Å². The van der Waals surface area contributed by atoms with E-state index in [1.54, 1.807) is 52.9 Å². The lowest BCUT2D eigenvalue weighted by molar-refractivity contribution is 0.488. The molecule has 0 amide bonds. The molecule has 2 aromatic heterocycles. The summed E-state index contributed by atoms with van der Waals surface area (Å²) < 4.78 is 31.1. The van der Waals surface area contributed by atoms with Crippen molar-refractivity contribution >= 4 is 21.5 Å². The molecule has 0 spiro atoms. The second-order valence-electron chi connectivity index (χ2n) is 3.94. The van der Waals surface area contributed by atoms with Crippen LogP contribution in [0.5, 0.6) is 5.75 Å². The van der Waals surface area contributed by atoms with E-state index in [4.69, 9.17) is 4.18 Å². The maximum Gasteiger partial charge on any atom is 0.348 e. The van der Waals surface area contributed by atoms with Gasteiger partial charge in [-0.3, -0.25) is 0 Å². The molecule has 5 nitrogen and oxygen atoms in total. The summed E-state index contributed by atoms with van der Waals surface area (Å²) >= 11 is 1.12. The van der Waals surface area contributed by atoms with Crippen molar-refractivity contribution in [3.05, 3.63) is 60.5 Å². The Morgan fingerprint density at radius 1 is 1.20 bits per heavy atom. The van der Waals surface area contributed by atoms with Gasteiger partial charge >= 0.3 is 10.1 Å². The number of aromatic nitrogens is 2. The molecule has 20 heavy (non-hydrogen) atoms. The molecule has 3 aromatic rings. The third-order valence-corrected chi connectivity index (χ3v) is 5.17. The topological polar surface area (TPSA) is 61.2 Å². The molecular formula is C13H10N2O3S2. The molecule has 2 heterocycles. The van der Waals surface area contributed by atoms with Crippen LogP contribution in [0.4, 0.5) is 0 Å². The molecular weight excluding hydrogens is 296 g/mol. The number of hydrogen-bond donors (Lipinski definition) is 0. The summed E-state index contributed by atoms with van der Waals surface area (Å²) in [5.74, 6) is 0.268. The van der Waals surface area contributed by atoms with Crippen LogP contribution < -0.4 is 4.18 Å². The zero-order valence-corrected chi connectivity index (χ0v) is 11.8. The average Bonchev–Trinajstić information content (AvgIpc) is 3.12. The summed E-state index contributed by atoms with van der Waals surface area (Å²) in [7, 11) is -3.76. The van der Waals surface area contributed by atoms with Gasteiger partial charge in [0.05, 0.1) is 12.0 Å². The molecule has 0 unspecified atom stereocenters. The first-order chi connectivity index (χ1) is 9.65. The Hall–Kier alpha value is -2.12. The standard InChI is InChI=1S/C13H10N2O3S2/c16-20(17,13-5-2-8-19-13)18-12-4-1-3-11(9-12)15-7-6-14-10-15/h1-10H. The first-order valence-corrected chi connectivity index (χ1v) is 8.00. The molecule has 0 aliphatic heterocycles. The van der Waals surface area contributed by atoms with Crippen LogP contribution in [0.3, 0.4) is 0 Å². The first-order valence-electron chi connectivity index (χ1n) is 5.71. The van der Waals surface area contributed by atoms with E-state index in [9.17, 15) is 8.42 Å². The van der Waals surface area contributed by atoms with Crippen LogP contribution in [0.25, 0.3) is 5.69 Å². The van der Waals surface area contributed by atoms with Crippen LogP contribution in [0.2, 0.25) is 0 Å². The van der Waals surface area contributed by atoms with E-state index in [1.165, 1.54) is 6.07 Å². The van der Waals surface area contributed by atoms with Crippen molar-refractivity contribution in [3.8, 4) is 11.4 Å². The number of thiophene rings is 1. The third-order valence-electron chi connectivity index (χ3n) is 2.57. The van der Waals surface area contributed by atoms with Gasteiger partial charge in [0.1, 0.15) is 5.75 Å². The summed E-state index contributed by atoms with van der Waals surface area (Å²) in [6.45, 7) is 0. The molecule has 0 atom stereocenters. The maximum atomic E-state index is 12.0.